The molecule has 0 unspecified atom stereocenters. The Bertz CT molecular complexity index is 1170. The van der Waals surface area contributed by atoms with E-state index >= 15 is 0 Å². The zero-order valence-corrected chi connectivity index (χ0v) is 20.7. The Morgan fingerprint density at radius 2 is 1.76 bits per heavy atom. The number of carbonyl (C=O) groups is 2. The molecule has 0 aromatic heterocycles. The second-order valence-electron chi connectivity index (χ2n) is 7.37. The van der Waals surface area contributed by atoms with Crippen molar-refractivity contribution in [1.82, 2.24) is 5.43 Å². The van der Waals surface area contributed by atoms with Gasteiger partial charge in [0.2, 0.25) is 0 Å². The fourth-order valence-electron chi connectivity index (χ4n) is 3.12. The molecule has 176 valence electrons. The van der Waals surface area contributed by atoms with Crippen LogP contribution >= 0.6 is 15.9 Å². The van der Waals surface area contributed by atoms with E-state index in [1.54, 1.807) is 42.5 Å². The van der Waals surface area contributed by atoms with E-state index in [4.69, 9.17) is 14.2 Å². The maximum Gasteiger partial charge on any atom is 0.343 e. The van der Waals surface area contributed by atoms with Gasteiger partial charge in [-0.3, -0.25) is 4.79 Å². The van der Waals surface area contributed by atoms with Gasteiger partial charge in [0, 0.05) is 0 Å². The smallest absolute Gasteiger partial charge is 0.343 e. The molecule has 7 nitrogen and oxygen atoms in total. The van der Waals surface area contributed by atoms with Crippen LogP contribution in [0.4, 0.5) is 0 Å². The minimum atomic E-state index is -0.481. The third-order valence-electron chi connectivity index (χ3n) is 4.60. The molecule has 3 rings (SSSR count). The molecule has 8 heteroatoms. The Morgan fingerprint density at radius 1 is 1.00 bits per heavy atom. The average Bonchev–Trinajstić information content (AvgIpc) is 2.80. The Balaban J connectivity index is 1.60. The van der Waals surface area contributed by atoms with Gasteiger partial charge in [0.25, 0.3) is 5.91 Å². The third kappa shape index (κ3) is 6.92. The highest BCUT2D eigenvalue weighted by molar-refractivity contribution is 9.10. The standard InChI is InChI=1S/C26H25BrN2O5/c1-4-32-23-14-19(10-11-22(23)34-26(31)20-8-6-5-7-9-20)15-28-29-24(30)16-33-25-18(3)12-17(2)13-21(25)27/h5-15H,4,16H2,1-3H3,(H,29,30). The number of halogens is 1. The van der Waals surface area contributed by atoms with E-state index in [0.29, 0.717) is 35.0 Å². The van der Waals surface area contributed by atoms with Crippen molar-refractivity contribution in [2.24, 2.45) is 5.10 Å². The number of aryl methyl sites for hydroxylation is 2. The van der Waals surface area contributed by atoms with Gasteiger partial charge in [-0.15, -0.1) is 0 Å². The summed E-state index contributed by atoms with van der Waals surface area (Å²) in [5.74, 6) is 0.424. The number of nitrogens with one attached hydrogen (secondary N) is 1. The van der Waals surface area contributed by atoms with E-state index < -0.39 is 11.9 Å². The van der Waals surface area contributed by atoms with Crippen LogP contribution in [0, 0.1) is 13.8 Å². The van der Waals surface area contributed by atoms with Crippen LogP contribution in [0.15, 0.2) is 70.2 Å². The number of hydrazone groups is 1. The van der Waals surface area contributed by atoms with Crippen molar-refractivity contribution in [2.75, 3.05) is 13.2 Å². The summed E-state index contributed by atoms with van der Waals surface area (Å²) in [7, 11) is 0. The largest absolute Gasteiger partial charge is 0.490 e. The molecule has 0 bridgehead atoms. The number of benzene rings is 3. The summed E-state index contributed by atoms with van der Waals surface area (Å²) < 4.78 is 17.5. The van der Waals surface area contributed by atoms with Crippen LogP contribution in [-0.2, 0) is 4.79 Å². The van der Waals surface area contributed by atoms with E-state index in [1.807, 2.05) is 39.0 Å². The maximum atomic E-state index is 12.4. The maximum absolute atomic E-state index is 12.4. The molecule has 34 heavy (non-hydrogen) atoms. The highest BCUT2D eigenvalue weighted by Crippen LogP contribution is 2.30. The van der Waals surface area contributed by atoms with Crippen LogP contribution in [0.3, 0.4) is 0 Å². The summed E-state index contributed by atoms with van der Waals surface area (Å²) in [5.41, 5.74) is 5.55. The molecule has 0 radical (unpaired) electrons. The first-order chi connectivity index (χ1) is 16.4. The lowest BCUT2D eigenvalue weighted by Crippen LogP contribution is -2.24. The second-order valence-corrected chi connectivity index (χ2v) is 8.22. The monoisotopic (exact) mass is 524 g/mol. The minimum absolute atomic E-state index is 0.182. The van der Waals surface area contributed by atoms with Gasteiger partial charge in [0.15, 0.2) is 18.1 Å². The number of nitrogens with zero attached hydrogens (tertiary/aromatic N) is 1. The molecule has 0 saturated carbocycles. The first-order valence-corrected chi connectivity index (χ1v) is 11.4. The zero-order chi connectivity index (χ0) is 24.5. The van der Waals surface area contributed by atoms with E-state index in [9.17, 15) is 9.59 Å². The van der Waals surface area contributed by atoms with E-state index in [2.05, 4.69) is 26.5 Å². The SMILES string of the molecule is CCOc1cc(C=NNC(=O)COc2c(C)cc(C)cc2Br)ccc1OC(=O)c1ccccc1. The number of ether oxygens (including phenoxy) is 3. The van der Waals surface area contributed by atoms with Crippen molar-refractivity contribution < 1.29 is 23.8 Å². The highest BCUT2D eigenvalue weighted by Gasteiger charge is 2.13. The van der Waals surface area contributed by atoms with Crippen LogP contribution < -0.4 is 19.6 Å². The van der Waals surface area contributed by atoms with Crippen molar-refractivity contribution in [2.45, 2.75) is 20.8 Å². The van der Waals surface area contributed by atoms with Crippen molar-refractivity contribution in [3.63, 3.8) is 0 Å². The predicted molar refractivity (Wildman–Crippen MR) is 134 cm³/mol. The molecule has 0 aliphatic heterocycles. The van der Waals surface area contributed by atoms with Gasteiger partial charge >= 0.3 is 5.97 Å². The first-order valence-electron chi connectivity index (χ1n) is 10.6. The molecular formula is C26H25BrN2O5. The molecular weight excluding hydrogens is 500 g/mol. The molecule has 0 spiro atoms. The molecule has 0 saturated heterocycles. The lowest BCUT2D eigenvalue weighted by atomic mass is 10.1. The van der Waals surface area contributed by atoms with Crippen molar-refractivity contribution in [3.05, 3.63) is 87.4 Å². The van der Waals surface area contributed by atoms with Gasteiger partial charge in [-0.1, -0.05) is 24.3 Å². The van der Waals surface area contributed by atoms with Gasteiger partial charge < -0.3 is 14.2 Å². The Kier molecular flexibility index (Phi) is 8.81. The molecule has 0 heterocycles. The normalized spacial score (nSPS) is 10.7. The fourth-order valence-corrected chi connectivity index (χ4v) is 3.91. The van der Waals surface area contributed by atoms with E-state index in [0.717, 1.165) is 15.6 Å². The quantitative estimate of drug-likeness (QED) is 0.179. The van der Waals surface area contributed by atoms with E-state index in [-0.39, 0.29) is 6.61 Å². The van der Waals surface area contributed by atoms with Crippen LogP contribution in [0.2, 0.25) is 0 Å². The van der Waals surface area contributed by atoms with Gasteiger partial charge in [0.05, 0.1) is 22.9 Å². The van der Waals surface area contributed by atoms with Gasteiger partial charge in [-0.05, 0) is 89.8 Å². The number of hydrogen-bond acceptors (Lipinski definition) is 6. The summed E-state index contributed by atoms with van der Waals surface area (Å²) >= 11 is 3.46. The Labute approximate surface area is 206 Å². The van der Waals surface area contributed by atoms with Crippen LogP contribution in [0.25, 0.3) is 0 Å². The summed E-state index contributed by atoms with van der Waals surface area (Å²) in [6, 6.07) is 17.6. The number of hydrogen-bond donors (Lipinski definition) is 1. The number of amides is 1. The van der Waals surface area contributed by atoms with Gasteiger partial charge in [-0.25, -0.2) is 10.2 Å². The lowest BCUT2D eigenvalue weighted by molar-refractivity contribution is -0.123. The third-order valence-corrected chi connectivity index (χ3v) is 5.19. The second kappa shape index (κ2) is 12.0. The summed E-state index contributed by atoms with van der Waals surface area (Å²) in [4.78, 5) is 24.5. The predicted octanol–water partition coefficient (Wildman–Crippen LogP) is 5.21. The molecule has 0 aliphatic carbocycles. The zero-order valence-electron chi connectivity index (χ0n) is 19.1. The molecule has 3 aromatic rings. The van der Waals surface area contributed by atoms with Crippen LogP contribution in [0.5, 0.6) is 17.2 Å². The number of rotatable bonds is 9. The Hall–Kier alpha value is -3.65. The topological polar surface area (TPSA) is 86.2 Å². The first kappa shape index (κ1) is 25.0. The van der Waals surface area contributed by atoms with E-state index in [1.165, 1.54) is 6.21 Å². The average molecular weight is 525 g/mol. The van der Waals surface area contributed by atoms with Crippen LogP contribution in [0.1, 0.15) is 34.0 Å². The van der Waals surface area contributed by atoms with Crippen LogP contribution in [-0.4, -0.2) is 31.3 Å². The summed E-state index contributed by atoms with van der Waals surface area (Å²) in [6.45, 7) is 5.94. The molecule has 0 atom stereocenters. The minimum Gasteiger partial charge on any atom is -0.490 e. The Morgan fingerprint density at radius 3 is 2.47 bits per heavy atom. The van der Waals surface area contributed by atoms with Crippen molar-refractivity contribution in [3.8, 4) is 17.2 Å². The van der Waals surface area contributed by atoms with Gasteiger partial charge in [-0.2, -0.15) is 5.10 Å². The fraction of sp³-hybridized carbons (Fsp3) is 0.192. The molecule has 3 aromatic carbocycles. The molecule has 0 fully saturated rings. The lowest BCUT2D eigenvalue weighted by Gasteiger charge is -2.12. The number of carbonyl (C=O) groups excluding carboxylic acids is 2. The summed E-state index contributed by atoms with van der Waals surface area (Å²) in [6.07, 6.45) is 1.47. The number of esters is 1. The molecule has 0 aliphatic rings. The van der Waals surface area contributed by atoms with Crippen molar-refractivity contribution >= 4 is 34.0 Å². The van der Waals surface area contributed by atoms with Crippen molar-refractivity contribution in [1.29, 1.82) is 0 Å². The molecule has 1 amide bonds. The van der Waals surface area contributed by atoms with Gasteiger partial charge in [0.1, 0.15) is 5.75 Å². The molecule has 1 N–H and O–H groups in total. The highest BCUT2D eigenvalue weighted by atomic mass is 79.9. The summed E-state index contributed by atoms with van der Waals surface area (Å²) in [5, 5.41) is 3.97.